The second-order valence-corrected chi connectivity index (χ2v) is 5.62. The van der Waals surface area contributed by atoms with Gasteiger partial charge >= 0.3 is 5.97 Å². The van der Waals surface area contributed by atoms with E-state index in [1.165, 1.54) is 0 Å². The van der Waals surface area contributed by atoms with Gasteiger partial charge in [0.25, 0.3) is 5.91 Å². The molecule has 126 valence electrons. The van der Waals surface area contributed by atoms with Crippen LogP contribution in [0.5, 0.6) is 0 Å². The Morgan fingerprint density at radius 1 is 1.35 bits per heavy atom. The van der Waals surface area contributed by atoms with Gasteiger partial charge < -0.3 is 19.5 Å². The van der Waals surface area contributed by atoms with Crippen LogP contribution in [0.4, 0.5) is 0 Å². The zero-order chi connectivity index (χ0) is 16.7. The number of nitrogens with zero attached hydrogens (tertiary/aromatic N) is 1. The Kier molecular flexibility index (Phi) is 6.55. The lowest BCUT2D eigenvalue weighted by Gasteiger charge is -2.34. The fourth-order valence-electron chi connectivity index (χ4n) is 2.79. The lowest BCUT2D eigenvalue weighted by Crippen LogP contribution is -2.44. The van der Waals surface area contributed by atoms with E-state index in [9.17, 15) is 9.59 Å². The molecular formula is C17H23NO5. The molecule has 0 aromatic heterocycles. The van der Waals surface area contributed by atoms with Crippen LogP contribution in [0.3, 0.4) is 0 Å². The Morgan fingerprint density at radius 3 is 2.74 bits per heavy atom. The highest BCUT2D eigenvalue weighted by Gasteiger charge is 2.27. The first-order valence-electron chi connectivity index (χ1n) is 7.80. The highest BCUT2D eigenvalue weighted by Crippen LogP contribution is 2.19. The zero-order valence-electron chi connectivity index (χ0n) is 13.4. The van der Waals surface area contributed by atoms with Gasteiger partial charge in [0.05, 0.1) is 13.0 Å². The number of hydrogen-bond donors (Lipinski definition) is 1. The topological polar surface area (TPSA) is 76.1 Å². The lowest BCUT2D eigenvalue weighted by molar-refractivity contribution is -0.137. The third-order valence-electron chi connectivity index (χ3n) is 3.94. The summed E-state index contributed by atoms with van der Waals surface area (Å²) in [6.45, 7) is 1.86. The molecule has 1 aliphatic heterocycles. The summed E-state index contributed by atoms with van der Waals surface area (Å²) in [6, 6.07) is 7.31. The molecule has 0 aliphatic carbocycles. The predicted octanol–water partition coefficient (Wildman–Crippen LogP) is 1.93. The van der Waals surface area contributed by atoms with Crippen molar-refractivity contribution in [3.63, 3.8) is 0 Å². The molecule has 0 unspecified atom stereocenters. The van der Waals surface area contributed by atoms with Crippen LogP contribution in [0.1, 0.15) is 35.2 Å². The first-order chi connectivity index (χ1) is 11.1. The molecular weight excluding hydrogens is 298 g/mol. The van der Waals surface area contributed by atoms with Crippen LogP contribution in [0.25, 0.3) is 0 Å². The maximum Gasteiger partial charge on any atom is 0.305 e. The fourth-order valence-corrected chi connectivity index (χ4v) is 2.79. The molecule has 0 saturated carbocycles. The number of carboxylic acids is 1. The molecule has 0 atom stereocenters. The van der Waals surface area contributed by atoms with Gasteiger partial charge in [0.15, 0.2) is 0 Å². The lowest BCUT2D eigenvalue weighted by atomic mass is 10.0. The van der Waals surface area contributed by atoms with Gasteiger partial charge in [0.2, 0.25) is 0 Å². The Bertz CT molecular complexity index is 540. The molecule has 0 bridgehead atoms. The van der Waals surface area contributed by atoms with E-state index in [0.717, 1.165) is 18.4 Å². The van der Waals surface area contributed by atoms with Gasteiger partial charge in [-0.05, 0) is 30.5 Å². The molecule has 6 nitrogen and oxygen atoms in total. The first kappa shape index (κ1) is 17.4. The second-order valence-electron chi connectivity index (χ2n) is 5.62. The molecule has 1 aromatic rings. The summed E-state index contributed by atoms with van der Waals surface area (Å²) in [4.78, 5) is 25.5. The number of aliphatic carboxylic acids is 1. The molecule has 0 spiro atoms. The van der Waals surface area contributed by atoms with Gasteiger partial charge in [-0.2, -0.15) is 0 Å². The van der Waals surface area contributed by atoms with E-state index in [2.05, 4.69) is 0 Å². The van der Waals surface area contributed by atoms with Crippen LogP contribution in [0, 0.1) is 0 Å². The van der Waals surface area contributed by atoms with Gasteiger partial charge in [-0.15, -0.1) is 0 Å². The maximum atomic E-state index is 12.9. The van der Waals surface area contributed by atoms with Crippen molar-refractivity contribution >= 4 is 11.9 Å². The highest BCUT2D eigenvalue weighted by molar-refractivity contribution is 5.94. The number of carbonyl (C=O) groups excluding carboxylic acids is 1. The summed E-state index contributed by atoms with van der Waals surface area (Å²) in [7, 11) is 1.61. The molecule has 23 heavy (non-hydrogen) atoms. The van der Waals surface area contributed by atoms with E-state index in [0.29, 0.717) is 25.4 Å². The van der Waals surface area contributed by atoms with Crippen molar-refractivity contribution in [1.82, 2.24) is 4.90 Å². The number of amides is 1. The quantitative estimate of drug-likeness (QED) is 0.830. The molecule has 1 saturated heterocycles. The fraction of sp³-hybridized carbons (Fsp3) is 0.529. The van der Waals surface area contributed by atoms with Crippen molar-refractivity contribution in [3.05, 3.63) is 35.4 Å². The number of carboxylic acid groups (broad SMARTS) is 1. The summed E-state index contributed by atoms with van der Waals surface area (Å²) in [5, 5.41) is 8.95. The summed E-state index contributed by atoms with van der Waals surface area (Å²) >= 11 is 0. The second kappa shape index (κ2) is 8.64. The summed E-state index contributed by atoms with van der Waals surface area (Å²) < 4.78 is 10.4. The summed E-state index contributed by atoms with van der Waals surface area (Å²) in [5.41, 5.74) is 1.49. The van der Waals surface area contributed by atoms with Crippen LogP contribution in [-0.4, -0.2) is 54.8 Å². The van der Waals surface area contributed by atoms with Crippen molar-refractivity contribution in [2.24, 2.45) is 0 Å². The Balaban J connectivity index is 2.16. The standard InChI is InChI=1S/C17H23NO5/c1-22-12-13-3-2-4-14(11-13)17(21)18(8-5-16(19)20)15-6-9-23-10-7-15/h2-4,11,15H,5-10,12H2,1H3,(H,19,20). The average Bonchev–Trinajstić information content (AvgIpc) is 2.56. The van der Waals surface area contributed by atoms with Crippen molar-refractivity contribution in [1.29, 1.82) is 0 Å². The predicted molar refractivity (Wildman–Crippen MR) is 84.3 cm³/mol. The van der Waals surface area contributed by atoms with Crippen molar-refractivity contribution < 1.29 is 24.2 Å². The van der Waals surface area contributed by atoms with Gasteiger partial charge in [0.1, 0.15) is 0 Å². The summed E-state index contributed by atoms with van der Waals surface area (Å²) in [6.07, 6.45) is 1.42. The molecule has 1 fully saturated rings. The van der Waals surface area contributed by atoms with Gasteiger partial charge in [0, 0.05) is 38.5 Å². The smallest absolute Gasteiger partial charge is 0.305 e. The molecule has 1 heterocycles. The van der Waals surface area contributed by atoms with Crippen LogP contribution < -0.4 is 0 Å². The highest BCUT2D eigenvalue weighted by atomic mass is 16.5. The SMILES string of the molecule is COCc1cccc(C(=O)N(CCC(=O)O)C2CCOCC2)c1. The largest absolute Gasteiger partial charge is 0.481 e. The molecule has 2 rings (SSSR count). The third-order valence-corrected chi connectivity index (χ3v) is 3.94. The van der Waals surface area contributed by atoms with E-state index < -0.39 is 5.97 Å². The minimum absolute atomic E-state index is 0.0293. The molecule has 1 aliphatic rings. The zero-order valence-corrected chi connectivity index (χ0v) is 13.4. The van der Waals surface area contributed by atoms with Gasteiger partial charge in [-0.3, -0.25) is 9.59 Å². The number of benzene rings is 1. The molecule has 1 aromatic carbocycles. The minimum atomic E-state index is -0.900. The van der Waals surface area contributed by atoms with Crippen LogP contribution in [0.2, 0.25) is 0 Å². The molecule has 6 heteroatoms. The Morgan fingerprint density at radius 2 is 2.09 bits per heavy atom. The number of ether oxygens (including phenoxy) is 2. The van der Waals surface area contributed by atoms with Crippen molar-refractivity contribution in [3.8, 4) is 0 Å². The average molecular weight is 321 g/mol. The van der Waals surface area contributed by atoms with Crippen LogP contribution in [0.15, 0.2) is 24.3 Å². The maximum absolute atomic E-state index is 12.9. The van der Waals surface area contributed by atoms with E-state index in [4.69, 9.17) is 14.6 Å². The normalized spacial score (nSPS) is 15.3. The molecule has 1 amide bonds. The van der Waals surface area contributed by atoms with Gasteiger partial charge in [-0.1, -0.05) is 12.1 Å². The minimum Gasteiger partial charge on any atom is -0.481 e. The van der Waals surface area contributed by atoms with Crippen molar-refractivity contribution in [2.75, 3.05) is 26.9 Å². The van der Waals surface area contributed by atoms with Crippen molar-refractivity contribution in [2.45, 2.75) is 31.9 Å². The van der Waals surface area contributed by atoms with Gasteiger partial charge in [-0.25, -0.2) is 0 Å². The van der Waals surface area contributed by atoms with E-state index >= 15 is 0 Å². The summed E-state index contributed by atoms with van der Waals surface area (Å²) in [5.74, 6) is -1.03. The Hall–Kier alpha value is -1.92. The van der Waals surface area contributed by atoms with E-state index in [-0.39, 0.29) is 24.9 Å². The third kappa shape index (κ3) is 5.04. The number of methoxy groups -OCH3 is 1. The number of rotatable bonds is 7. The Labute approximate surface area is 136 Å². The van der Waals surface area contributed by atoms with E-state index in [1.807, 2.05) is 12.1 Å². The number of hydrogen-bond acceptors (Lipinski definition) is 4. The first-order valence-corrected chi connectivity index (χ1v) is 7.80. The molecule has 0 radical (unpaired) electrons. The van der Waals surface area contributed by atoms with E-state index in [1.54, 1.807) is 24.1 Å². The van der Waals surface area contributed by atoms with Crippen LogP contribution >= 0.6 is 0 Å². The molecule has 1 N–H and O–H groups in total. The monoisotopic (exact) mass is 321 g/mol. The number of carbonyl (C=O) groups is 2. The van der Waals surface area contributed by atoms with Crippen LogP contribution in [-0.2, 0) is 20.9 Å².